The molecule has 4 rings (SSSR count). The van der Waals surface area contributed by atoms with Gasteiger partial charge in [-0.1, -0.05) is 32.0 Å². The Labute approximate surface area is 176 Å². The summed E-state index contributed by atoms with van der Waals surface area (Å²) in [5.74, 6) is 1.14. The van der Waals surface area contributed by atoms with Crippen LogP contribution in [0.15, 0.2) is 48.8 Å². The molecule has 6 nitrogen and oxygen atoms in total. The number of aliphatic hydroxyl groups is 1. The first-order chi connectivity index (χ1) is 14.0. The molecular formula is C22H27N5OS. The van der Waals surface area contributed by atoms with E-state index >= 15 is 0 Å². The second-order valence-corrected chi connectivity index (χ2v) is 8.28. The molecule has 0 spiro atoms. The van der Waals surface area contributed by atoms with E-state index in [1.54, 1.807) is 6.20 Å². The molecule has 0 bridgehead atoms. The molecule has 152 valence electrons. The maximum atomic E-state index is 10.0. The van der Waals surface area contributed by atoms with Gasteiger partial charge in [-0.25, -0.2) is 4.68 Å². The largest absolute Gasteiger partial charge is 0.392 e. The molecule has 0 saturated carbocycles. The lowest BCUT2D eigenvalue weighted by Gasteiger charge is -2.29. The van der Waals surface area contributed by atoms with Crippen molar-refractivity contribution in [2.75, 3.05) is 13.1 Å². The van der Waals surface area contributed by atoms with Crippen molar-refractivity contribution in [2.24, 2.45) is 0 Å². The first-order valence-corrected chi connectivity index (χ1v) is 10.6. The molecule has 7 heteroatoms. The van der Waals surface area contributed by atoms with Crippen LogP contribution in [0.3, 0.4) is 0 Å². The predicted octanol–water partition coefficient (Wildman–Crippen LogP) is 4.00. The number of rotatable bonds is 5. The van der Waals surface area contributed by atoms with E-state index in [1.807, 2.05) is 29.1 Å². The van der Waals surface area contributed by atoms with Crippen LogP contribution in [0.5, 0.6) is 0 Å². The Hall–Kier alpha value is -2.35. The van der Waals surface area contributed by atoms with E-state index in [9.17, 15) is 5.11 Å². The van der Waals surface area contributed by atoms with Gasteiger partial charge in [-0.2, -0.15) is 0 Å². The van der Waals surface area contributed by atoms with Crippen molar-refractivity contribution in [2.45, 2.75) is 45.4 Å². The quantitative estimate of drug-likeness (QED) is 0.646. The molecule has 0 radical (unpaired) electrons. The number of aromatic nitrogens is 4. The molecular weight excluding hydrogens is 382 g/mol. The number of nitrogens with zero attached hydrogens (tertiary/aromatic N) is 5. The SMILES string of the molecule is CC(C)c1ccccc1-n1c(-c2cccnc2)nn(CN2CCC[C@H](O)C2)c1=S. The van der Waals surface area contributed by atoms with Gasteiger partial charge in [0.1, 0.15) is 0 Å². The molecule has 1 aliphatic heterocycles. The molecule has 1 aromatic carbocycles. The summed E-state index contributed by atoms with van der Waals surface area (Å²) in [5.41, 5.74) is 3.20. The minimum Gasteiger partial charge on any atom is -0.392 e. The van der Waals surface area contributed by atoms with Gasteiger partial charge in [0.2, 0.25) is 4.77 Å². The summed E-state index contributed by atoms with van der Waals surface area (Å²) in [6, 6.07) is 12.3. The zero-order chi connectivity index (χ0) is 20.4. The van der Waals surface area contributed by atoms with Crippen LogP contribution in [0.1, 0.15) is 38.2 Å². The lowest BCUT2D eigenvalue weighted by molar-refractivity contribution is 0.0513. The van der Waals surface area contributed by atoms with Crippen LogP contribution in [-0.2, 0) is 6.67 Å². The number of piperidine rings is 1. The van der Waals surface area contributed by atoms with Gasteiger partial charge in [0, 0.05) is 31.0 Å². The van der Waals surface area contributed by atoms with Crippen LogP contribution in [0.4, 0.5) is 0 Å². The monoisotopic (exact) mass is 409 g/mol. The number of likely N-dealkylation sites (tertiary alicyclic amines) is 1. The van der Waals surface area contributed by atoms with Crippen LogP contribution < -0.4 is 0 Å². The molecule has 2 aromatic heterocycles. The molecule has 3 heterocycles. The molecule has 0 unspecified atom stereocenters. The maximum absolute atomic E-state index is 10.0. The van der Waals surface area contributed by atoms with E-state index in [0.717, 1.165) is 36.5 Å². The number of hydrogen-bond donors (Lipinski definition) is 1. The molecule has 1 aliphatic rings. The van der Waals surface area contributed by atoms with Crippen LogP contribution in [0, 0.1) is 4.77 Å². The fourth-order valence-electron chi connectivity index (χ4n) is 3.93. The first-order valence-electron chi connectivity index (χ1n) is 10.1. The van der Waals surface area contributed by atoms with E-state index in [-0.39, 0.29) is 6.10 Å². The highest BCUT2D eigenvalue weighted by Crippen LogP contribution is 2.28. The summed E-state index contributed by atoms with van der Waals surface area (Å²) in [6.07, 6.45) is 5.15. The molecule has 0 aliphatic carbocycles. The third-order valence-corrected chi connectivity index (χ3v) is 5.77. The number of aliphatic hydroxyl groups excluding tert-OH is 1. The van der Waals surface area contributed by atoms with Crippen molar-refractivity contribution < 1.29 is 5.11 Å². The smallest absolute Gasteiger partial charge is 0.204 e. The minimum absolute atomic E-state index is 0.278. The van der Waals surface area contributed by atoms with E-state index in [0.29, 0.717) is 23.9 Å². The third-order valence-electron chi connectivity index (χ3n) is 5.37. The fourth-order valence-corrected chi connectivity index (χ4v) is 4.21. The molecule has 0 amide bonds. The maximum Gasteiger partial charge on any atom is 0.204 e. The summed E-state index contributed by atoms with van der Waals surface area (Å²) in [4.78, 5) is 6.49. The summed E-state index contributed by atoms with van der Waals surface area (Å²) < 4.78 is 4.58. The average Bonchev–Trinajstić information content (AvgIpc) is 3.04. The minimum atomic E-state index is -0.278. The highest BCUT2D eigenvalue weighted by Gasteiger charge is 2.22. The second-order valence-electron chi connectivity index (χ2n) is 7.91. The van der Waals surface area contributed by atoms with Crippen LogP contribution in [0.2, 0.25) is 0 Å². The summed E-state index contributed by atoms with van der Waals surface area (Å²) in [7, 11) is 0. The van der Waals surface area contributed by atoms with E-state index in [1.165, 1.54) is 5.56 Å². The molecule has 1 fully saturated rings. The van der Waals surface area contributed by atoms with Crippen molar-refractivity contribution in [1.29, 1.82) is 0 Å². The molecule has 1 atom stereocenters. The Morgan fingerprint density at radius 2 is 2.03 bits per heavy atom. The van der Waals surface area contributed by atoms with Gasteiger partial charge >= 0.3 is 0 Å². The van der Waals surface area contributed by atoms with Crippen molar-refractivity contribution >= 4 is 12.2 Å². The summed E-state index contributed by atoms with van der Waals surface area (Å²) >= 11 is 5.89. The summed E-state index contributed by atoms with van der Waals surface area (Å²) in [5, 5.41) is 14.9. The molecule has 1 N–H and O–H groups in total. The van der Waals surface area contributed by atoms with E-state index in [2.05, 4.69) is 46.5 Å². The molecule has 1 saturated heterocycles. The predicted molar refractivity (Wildman–Crippen MR) is 117 cm³/mol. The van der Waals surface area contributed by atoms with Gasteiger partial charge < -0.3 is 5.11 Å². The number of para-hydroxylation sites is 1. The normalized spacial score (nSPS) is 17.7. The average molecular weight is 410 g/mol. The van der Waals surface area contributed by atoms with Crippen molar-refractivity contribution in [3.05, 3.63) is 59.1 Å². The first kappa shape index (κ1) is 19.9. The Morgan fingerprint density at radius 1 is 1.21 bits per heavy atom. The fraction of sp³-hybridized carbons (Fsp3) is 0.409. The van der Waals surface area contributed by atoms with Gasteiger partial charge in [-0.15, -0.1) is 5.10 Å². The third kappa shape index (κ3) is 4.17. The zero-order valence-electron chi connectivity index (χ0n) is 16.9. The highest BCUT2D eigenvalue weighted by atomic mass is 32.1. The number of pyridine rings is 1. The Bertz CT molecular complexity index is 1030. The standard InChI is InChI=1S/C22H27N5OS/c1-16(2)19-9-3-4-10-20(19)27-21(17-7-5-11-23-13-17)24-26(22(27)29)15-25-12-6-8-18(28)14-25/h3-5,7,9-11,13,16,18,28H,6,8,12,14-15H2,1-2H3/t18-/m0/s1. The van der Waals surface area contributed by atoms with Gasteiger partial charge in [-0.3, -0.25) is 14.5 Å². The second kappa shape index (κ2) is 8.57. The lowest BCUT2D eigenvalue weighted by atomic mass is 10.0. The van der Waals surface area contributed by atoms with Crippen molar-refractivity contribution in [3.63, 3.8) is 0 Å². The topological polar surface area (TPSA) is 59.1 Å². The highest BCUT2D eigenvalue weighted by molar-refractivity contribution is 7.71. The van der Waals surface area contributed by atoms with E-state index < -0.39 is 0 Å². The van der Waals surface area contributed by atoms with Crippen molar-refractivity contribution in [3.8, 4) is 17.1 Å². The van der Waals surface area contributed by atoms with Gasteiger partial charge in [0.05, 0.1) is 18.5 Å². The van der Waals surface area contributed by atoms with Gasteiger partial charge in [0.15, 0.2) is 5.82 Å². The number of benzene rings is 1. The Morgan fingerprint density at radius 3 is 2.76 bits per heavy atom. The summed E-state index contributed by atoms with van der Waals surface area (Å²) in [6.45, 7) is 6.54. The van der Waals surface area contributed by atoms with Gasteiger partial charge in [-0.05, 0) is 54.7 Å². The van der Waals surface area contributed by atoms with Crippen LogP contribution in [0.25, 0.3) is 17.1 Å². The Kier molecular flexibility index (Phi) is 5.89. The molecule has 3 aromatic rings. The van der Waals surface area contributed by atoms with Crippen molar-refractivity contribution in [1.82, 2.24) is 24.2 Å². The number of β-amino-alcohol motifs (C(OH)–C–C–N with tert-alkyl or cyclic N) is 1. The lowest BCUT2D eigenvalue weighted by Crippen LogP contribution is -2.39. The molecule has 29 heavy (non-hydrogen) atoms. The van der Waals surface area contributed by atoms with Gasteiger partial charge in [0.25, 0.3) is 0 Å². The van der Waals surface area contributed by atoms with E-state index in [4.69, 9.17) is 17.3 Å². The zero-order valence-corrected chi connectivity index (χ0v) is 17.7. The van der Waals surface area contributed by atoms with Crippen LogP contribution in [-0.4, -0.2) is 48.5 Å². The Balaban J connectivity index is 1.83. The van der Waals surface area contributed by atoms with Crippen LogP contribution >= 0.6 is 12.2 Å². The number of hydrogen-bond acceptors (Lipinski definition) is 5.